The number of aromatic nitrogens is 5. The maximum Gasteiger partial charge on any atom is 0.573 e. The van der Waals surface area contributed by atoms with E-state index in [4.69, 9.17) is 9.47 Å². The highest BCUT2D eigenvalue weighted by Gasteiger charge is 2.31. The van der Waals surface area contributed by atoms with Crippen molar-refractivity contribution in [2.75, 3.05) is 13.7 Å². The van der Waals surface area contributed by atoms with Crippen LogP contribution in [0.1, 0.15) is 34.6 Å². The van der Waals surface area contributed by atoms with Crippen LogP contribution in [0.4, 0.5) is 13.2 Å². The molecule has 0 aliphatic carbocycles. The van der Waals surface area contributed by atoms with Gasteiger partial charge < -0.3 is 18.8 Å². The number of aryl methyl sites for hydroxylation is 1. The summed E-state index contributed by atoms with van der Waals surface area (Å²) in [6.45, 7) is 2.84. The van der Waals surface area contributed by atoms with Crippen molar-refractivity contribution in [3.8, 4) is 17.2 Å². The Morgan fingerprint density at radius 1 is 1.11 bits per heavy atom. The Bertz CT molecular complexity index is 1390. The number of ether oxygens (including phenoxy) is 3. The number of nitrogens with zero attached hydrogens (tertiary/aromatic N) is 5. The minimum atomic E-state index is -4.74. The second-order valence-electron chi connectivity index (χ2n) is 8.11. The van der Waals surface area contributed by atoms with Crippen LogP contribution < -0.4 is 9.47 Å². The van der Waals surface area contributed by atoms with E-state index in [0.717, 1.165) is 16.9 Å². The lowest BCUT2D eigenvalue weighted by Gasteiger charge is -2.23. The number of halogens is 3. The van der Waals surface area contributed by atoms with Gasteiger partial charge in [-0.1, -0.05) is 24.3 Å². The molecule has 8 nitrogen and oxygen atoms in total. The highest BCUT2D eigenvalue weighted by atomic mass is 19.4. The third kappa shape index (κ3) is 5.10. The van der Waals surface area contributed by atoms with Gasteiger partial charge in [-0.05, 0) is 48.4 Å². The summed E-state index contributed by atoms with van der Waals surface area (Å²) in [7, 11) is 1.61. The molecule has 2 aromatic carbocycles. The summed E-state index contributed by atoms with van der Waals surface area (Å²) in [5.74, 6) is 1.47. The maximum atomic E-state index is 12.4. The Morgan fingerprint density at radius 2 is 1.92 bits per heavy atom. The molecule has 11 heteroatoms. The van der Waals surface area contributed by atoms with Crippen molar-refractivity contribution in [2.24, 2.45) is 0 Å². The number of imidazole rings is 1. The SMILES string of the molecule is COc1cc(C=Cc2nc3n(n2)CCO[C@H]3c2ccc(OC(F)(F)F)cc2)ccc1-n1cnc(C)c1. The standard InChI is InChI=1S/C25H22F3N5O3/c1-16-14-32(15-29-16)20-9-3-17(13-21(20)34-2)4-10-22-30-24-23(35-12-11-33(24)31-22)18-5-7-19(8-6-18)36-25(26,27)28/h3-10,13-15,23H,11-12H2,1-2H3/t23-/m0/s1. The molecular weight excluding hydrogens is 475 g/mol. The van der Waals surface area contributed by atoms with Crippen LogP contribution in [0, 0.1) is 6.92 Å². The first-order chi connectivity index (χ1) is 17.3. The van der Waals surface area contributed by atoms with E-state index in [-0.39, 0.29) is 5.75 Å². The fraction of sp³-hybridized carbons (Fsp3) is 0.240. The molecule has 1 aliphatic heterocycles. The van der Waals surface area contributed by atoms with Crippen LogP contribution in [-0.2, 0) is 11.3 Å². The van der Waals surface area contributed by atoms with Crippen LogP contribution in [0.3, 0.4) is 0 Å². The van der Waals surface area contributed by atoms with Gasteiger partial charge in [-0.25, -0.2) is 14.6 Å². The Labute approximate surface area is 204 Å². The van der Waals surface area contributed by atoms with E-state index in [1.165, 1.54) is 24.3 Å². The van der Waals surface area contributed by atoms with E-state index in [0.29, 0.717) is 36.1 Å². The predicted molar refractivity (Wildman–Crippen MR) is 125 cm³/mol. The van der Waals surface area contributed by atoms with E-state index < -0.39 is 12.5 Å². The summed E-state index contributed by atoms with van der Waals surface area (Å²) in [5, 5.41) is 4.54. The third-order valence-electron chi connectivity index (χ3n) is 5.57. The van der Waals surface area contributed by atoms with E-state index in [1.807, 2.05) is 42.0 Å². The maximum absolute atomic E-state index is 12.4. The normalized spacial score (nSPS) is 15.8. The summed E-state index contributed by atoms with van der Waals surface area (Å²) >= 11 is 0. The molecule has 0 bridgehead atoms. The van der Waals surface area contributed by atoms with E-state index in [2.05, 4.69) is 19.8 Å². The molecule has 0 N–H and O–H groups in total. The van der Waals surface area contributed by atoms with Crippen molar-refractivity contribution >= 4 is 12.2 Å². The van der Waals surface area contributed by atoms with Crippen LogP contribution in [0.15, 0.2) is 55.0 Å². The molecule has 0 unspecified atom stereocenters. The number of methoxy groups -OCH3 is 1. The Morgan fingerprint density at radius 3 is 2.61 bits per heavy atom. The van der Waals surface area contributed by atoms with Crippen molar-refractivity contribution in [3.63, 3.8) is 0 Å². The molecule has 3 heterocycles. The molecule has 1 aliphatic rings. The van der Waals surface area contributed by atoms with Gasteiger partial charge in [-0.3, -0.25) is 0 Å². The lowest BCUT2D eigenvalue weighted by molar-refractivity contribution is -0.274. The fourth-order valence-electron chi connectivity index (χ4n) is 3.96. The molecule has 0 fully saturated rings. The van der Waals surface area contributed by atoms with E-state index >= 15 is 0 Å². The zero-order chi connectivity index (χ0) is 25.3. The summed E-state index contributed by atoms with van der Waals surface area (Å²) < 4.78 is 56.4. The molecule has 0 amide bonds. The highest BCUT2D eigenvalue weighted by Crippen LogP contribution is 2.31. The average molecular weight is 497 g/mol. The molecule has 186 valence electrons. The number of hydrogen-bond donors (Lipinski definition) is 0. The summed E-state index contributed by atoms with van der Waals surface area (Å²) in [6, 6.07) is 11.4. The van der Waals surface area contributed by atoms with Crippen molar-refractivity contribution in [1.82, 2.24) is 24.3 Å². The Kier molecular flexibility index (Phi) is 6.23. The second-order valence-corrected chi connectivity index (χ2v) is 8.11. The lowest BCUT2D eigenvalue weighted by Crippen LogP contribution is -2.23. The zero-order valence-electron chi connectivity index (χ0n) is 19.4. The third-order valence-corrected chi connectivity index (χ3v) is 5.57. The summed E-state index contributed by atoms with van der Waals surface area (Å²) in [6.07, 6.45) is 2.03. The zero-order valence-corrected chi connectivity index (χ0v) is 19.4. The van der Waals surface area contributed by atoms with Crippen LogP contribution >= 0.6 is 0 Å². The van der Waals surface area contributed by atoms with Gasteiger partial charge in [0.15, 0.2) is 11.6 Å². The van der Waals surface area contributed by atoms with Gasteiger partial charge >= 0.3 is 6.36 Å². The largest absolute Gasteiger partial charge is 0.573 e. The van der Waals surface area contributed by atoms with Gasteiger partial charge in [0.05, 0.1) is 38.0 Å². The number of benzene rings is 2. The topological polar surface area (TPSA) is 76.2 Å². The summed E-state index contributed by atoms with van der Waals surface area (Å²) in [5.41, 5.74) is 3.33. The van der Waals surface area contributed by atoms with Gasteiger partial charge in [0.25, 0.3) is 0 Å². The monoisotopic (exact) mass is 497 g/mol. The van der Waals surface area contributed by atoms with Crippen molar-refractivity contribution in [2.45, 2.75) is 25.9 Å². The van der Waals surface area contributed by atoms with Gasteiger partial charge in [-0.15, -0.1) is 13.2 Å². The molecule has 0 saturated carbocycles. The first-order valence-electron chi connectivity index (χ1n) is 11.1. The fourth-order valence-corrected chi connectivity index (χ4v) is 3.96. The minimum absolute atomic E-state index is 0.295. The predicted octanol–water partition coefficient (Wildman–Crippen LogP) is 4.97. The van der Waals surface area contributed by atoms with Gasteiger partial charge in [0.2, 0.25) is 0 Å². The van der Waals surface area contributed by atoms with Crippen molar-refractivity contribution in [1.29, 1.82) is 0 Å². The molecule has 1 atom stereocenters. The molecule has 2 aromatic heterocycles. The lowest BCUT2D eigenvalue weighted by atomic mass is 10.1. The van der Waals surface area contributed by atoms with Gasteiger partial charge in [0.1, 0.15) is 17.6 Å². The van der Waals surface area contributed by atoms with Gasteiger partial charge in [0, 0.05) is 6.20 Å². The number of hydrogen-bond acceptors (Lipinski definition) is 6. The van der Waals surface area contributed by atoms with Crippen LogP contribution in [-0.4, -0.2) is 44.4 Å². The van der Waals surface area contributed by atoms with Crippen LogP contribution in [0.2, 0.25) is 0 Å². The molecule has 36 heavy (non-hydrogen) atoms. The van der Waals surface area contributed by atoms with Crippen LogP contribution in [0.5, 0.6) is 11.5 Å². The van der Waals surface area contributed by atoms with Crippen LogP contribution in [0.25, 0.3) is 17.8 Å². The molecular formula is C25H22F3N5O3. The van der Waals surface area contributed by atoms with E-state index in [1.54, 1.807) is 24.2 Å². The van der Waals surface area contributed by atoms with Crippen molar-refractivity contribution < 1.29 is 27.4 Å². The number of alkyl halides is 3. The molecule has 4 aromatic rings. The van der Waals surface area contributed by atoms with Gasteiger partial charge in [-0.2, -0.15) is 5.10 Å². The Balaban J connectivity index is 1.35. The van der Waals surface area contributed by atoms with E-state index in [9.17, 15) is 13.2 Å². The quantitative estimate of drug-likeness (QED) is 0.375. The first-order valence-corrected chi connectivity index (χ1v) is 11.1. The average Bonchev–Trinajstić information content (AvgIpc) is 3.48. The first kappa shape index (κ1) is 23.6. The molecule has 0 spiro atoms. The summed E-state index contributed by atoms with van der Waals surface area (Å²) in [4.78, 5) is 8.86. The van der Waals surface area contributed by atoms with Crippen molar-refractivity contribution in [3.05, 3.63) is 83.5 Å². The smallest absolute Gasteiger partial charge is 0.495 e. The highest BCUT2D eigenvalue weighted by molar-refractivity contribution is 5.69. The second kappa shape index (κ2) is 9.50. The minimum Gasteiger partial charge on any atom is -0.495 e. The molecule has 0 saturated heterocycles. The molecule has 5 rings (SSSR count). The Hall–Kier alpha value is -4.12. The number of fused-ring (bicyclic) bond motifs is 1. The molecule has 0 radical (unpaired) electrons. The number of rotatable bonds is 6.